The van der Waals surface area contributed by atoms with Crippen LogP contribution in [0.2, 0.25) is 0 Å². The average molecular weight is 323 g/mol. The minimum Gasteiger partial charge on any atom is -0.376 e. The second kappa shape index (κ2) is 9.18. The molecule has 0 aliphatic heterocycles. The Balaban J connectivity index is 1.78. The van der Waals surface area contributed by atoms with Gasteiger partial charge in [-0.15, -0.1) is 0 Å². The van der Waals surface area contributed by atoms with Crippen molar-refractivity contribution in [3.63, 3.8) is 0 Å². The van der Waals surface area contributed by atoms with E-state index in [4.69, 9.17) is 10.00 Å². The van der Waals surface area contributed by atoms with E-state index in [9.17, 15) is 9.59 Å². The molecule has 1 amide bonds. The lowest BCUT2D eigenvalue weighted by atomic mass is 10.0. The van der Waals surface area contributed by atoms with E-state index in [2.05, 4.69) is 10.3 Å². The minimum absolute atomic E-state index is 0.000693. The SMILES string of the molecule is N#C[C@@H](C(=O)CCOCc1ccccc1)C(=O)Nc1ccccn1. The van der Waals surface area contributed by atoms with Crippen molar-refractivity contribution in [1.29, 1.82) is 5.26 Å². The molecule has 0 saturated heterocycles. The van der Waals surface area contributed by atoms with Gasteiger partial charge in [0.25, 0.3) is 5.91 Å². The third kappa shape index (κ3) is 5.30. The van der Waals surface area contributed by atoms with Crippen LogP contribution < -0.4 is 5.32 Å². The number of ether oxygens (including phenoxy) is 1. The summed E-state index contributed by atoms with van der Waals surface area (Å²) in [6.07, 6.45) is 1.51. The first-order valence-corrected chi connectivity index (χ1v) is 7.46. The summed E-state index contributed by atoms with van der Waals surface area (Å²) in [7, 11) is 0. The molecule has 0 spiro atoms. The number of nitrogens with zero attached hydrogens (tertiary/aromatic N) is 2. The molecule has 6 heteroatoms. The fraction of sp³-hybridized carbons (Fsp3) is 0.222. The molecule has 1 aromatic heterocycles. The maximum atomic E-state index is 12.0. The van der Waals surface area contributed by atoms with E-state index < -0.39 is 17.6 Å². The molecular formula is C18H17N3O3. The normalized spacial score (nSPS) is 11.3. The maximum Gasteiger partial charge on any atom is 0.250 e. The van der Waals surface area contributed by atoms with Gasteiger partial charge in [0.15, 0.2) is 11.7 Å². The second-order valence-corrected chi connectivity index (χ2v) is 5.02. The first kappa shape index (κ1) is 17.3. The third-order valence-electron chi connectivity index (χ3n) is 3.23. The lowest BCUT2D eigenvalue weighted by Crippen LogP contribution is -2.29. The van der Waals surface area contributed by atoms with E-state index in [0.29, 0.717) is 12.4 Å². The predicted molar refractivity (Wildman–Crippen MR) is 87.7 cm³/mol. The number of carbonyl (C=O) groups is 2. The van der Waals surface area contributed by atoms with Crippen molar-refractivity contribution >= 4 is 17.5 Å². The topological polar surface area (TPSA) is 92.1 Å². The zero-order valence-corrected chi connectivity index (χ0v) is 13.0. The summed E-state index contributed by atoms with van der Waals surface area (Å²) >= 11 is 0. The van der Waals surface area contributed by atoms with E-state index in [-0.39, 0.29) is 13.0 Å². The Hall–Kier alpha value is -3.04. The van der Waals surface area contributed by atoms with Gasteiger partial charge in [0.05, 0.1) is 19.3 Å². The Morgan fingerprint density at radius 1 is 1.17 bits per heavy atom. The molecule has 0 saturated carbocycles. The van der Waals surface area contributed by atoms with Crippen LogP contribution in [0.1, 0.15) is 12.0 Å². The number of ketones is 1. The molecule has 6 nitrogen and oxygen atoms in total. The van der Waals surface area contributed by atoms with Gasteiger partial charge in [-0.25, -0.2) is 4.98 Å². The first-order valence-electron chi connectivity index (χ1n) is 7.46. The van der Waals surface area contributed by atoms with Crippen molar-refractivity contribution in [3.8, 4) is 6.07 Å². The lowest BCUT2D eigenvalue weighted by Gasteiger charge is -2.09. The van der Waals surface area contributed by atoms with Gasteiger partial charge in [-0.05, 0) is 17.7 Å². The molecule has 1 aromatic carbocycles. The number of anilines is 1. The molecule has 0 bridgehead atoms. The largest absolute Gasteiger partial charge is 0.376 e. The molecule has 0 fully saturated rings. The molecule has 0 aliphatic rings. The standard InChI is InChI=1S/C18H17N3O3/c19-12-15(18(23)21-17-8-4-5-10-20-17)16(22)9-11-24-13-14-6-2-1-3-7-14/h1-8,10,15H,9,11,13H2,(H,20,21,23)/t15-/m0/s1. The van der Waals surface area contributed by atoms with Crippen LogP contribution in [0.5, 0.6) is 0 Å². The highest BCUT2D eigenvalue weighted by Gasteiger charge is 2.26. The highest BCUT2D eigenvalue weighted by atomic mass is 16.5. The number of aromatic nitrogens is 1. The van der Waals surface area contributed by atoms with Crippen LogP contribution >= 0.6 is 0 Å². The number of nitriles is 1. The van der Waals surface area contributed by atoms with Crippen LogP contribution in [0, 0.1) is 17.2 Å². The van der Waals surface area contributed by atoms with Gasteiger partial charge >= 0.3 is 0 Å². The summed E-state index contributed by atoms with van der Waals surface area (Å²) in [5.74, 6) is -2.22. The minimum atomic E-state index is -1.37. The number of benzene rings is 1. The summed E-state index contributed by atoms with van der Waals surface area (Å²) in [6.45, 7) is 0.536. The lowest BCUT2D eigenvalue weighted by molar-refractivity contribution is -0.129. The van der Waals surface area contributed by atoms with Crippen LogP contribution in [0.15, 0.2) is 54.7 Å². The van der Waals surface area contributed by atoms with Gasteiger partial charge < -0.3 is 10.1 Å². The van der Waals surface area contributed by atoms with Crippen LogP contribution in [0.25, 0.3) is 0 Å². The van der Waals surface area contributed by atoms with E-state index >= 15 is 0 Å². The zero-order chi connectivity index (χ0) is 17.2. The Morgan fingerprint density at radius 3 is 2.58 bits per heavy atom. The van der Waals surface area contributed by atoms with Gasteiger partial charge in [-0.3, -0.25) is 9.59 Å². The van der Waals surface area contributed by atoms with Gasteiger partial charge in [0.2, 0.25) is 0 Å². The Kier molecular flexibility index (Phi) is 6.62. The molecule has 1 heterocycles. The van der Waals surface area contributed by atoms with E-state index in [1.807, 2.05) is 30.3 Å². The quantitative estimate of drug-likeness (QED) is 0.594. The molecule has 0 aliphatic carbocycles. The molecule has 1 atom stereocenters. The molecule has 24 heavy (non-hydrogen) atoms. The number of rotatable bonds is 8. The molecule has 2 rings (SSSR count). The highest BCUT2D eigenvalue weighted by Crippen LogP contribution is 2.08. The van der Waals surface area contributed by atoms with Gasteiger partial charge in [-0.1, -0.05) is 36.4 Å². The number of amides is 1. The van der Waals surface area contributed by atoms with E-state index in [1.165, 1.54) is 6.20 Å². The van der Waals surface area contributed by atoms with E-state index in [1.54, 1.807) is 24.3 Å². The predicted octanol–water partition coefficient (Wildman–Crippen LogP) is 2.34. The molecule has 0 radical (unpaired) electrons. The smallest absolute Gasteiger partial charge is 0.250 e. The molecule has 0 unspecified atom stereocenters. The number of Topliss-reactive ketones (excluding diaryl/α,β-unsaturated/α-hetero) is 1. The molecule has 122 valence electrons. The molecular weight excluding hydrogens is 306 g/mol. The summed E-state index contributed by atoms with van der Waals surface area (Å²) in [4.78, 5) is 28.0. The first-order chi connectivity index (χ1) is 11.7. The van der Waals surface area contributed by atoms with Gasteiger partial charge in [0.1, 0.15) is 5.82 Å². The van der Waals surface area contributed by atoms with Crippen LogP contribution in [0.3, 0.4) is 0 Å². The van der Waals surface area contributed by atoms with Crippen LogP contribution in [-0.4, -0.2) is 23.3 Å². The van der Waals surface area contributed by atoms with Crippen molar-refractivity contribution in [1.82, 2.24) is 4.98 Å². The van der Waals surface area contributed by atoms with Crippen LogP contribution in [-0.2, 0) is 20.9 Å². The Labute approximate surface area is 140 Å². The average Bonchev–Trinajstić information content (AvgIpc) is 2.61. The van der Waals surface area contributed by atoms with Crippen molar-refractivity contribution in [2.45, 2.75) is 13.0 Å². The summed E-state index contributed by atoms with van der Waals surface area (Å²) in [6, 6.07) is 16.3. The summed E-state index contributed by atoms with van der Waals surface area (Å²) in [5.41, 5.74) is 0.995. The number of hydrogen-bond donors (Lipinski definition) is 1. The fourth-order valence-corrected chi connectivity index (χ4v) is 1.99. The van der Waals surface area contributed by atoms with Crippen molar-refractivity contribution in [2.24, 2.45) is 5.92 Å². The monoisotopic (exact) mass is 323 g/mol. The third-order valence-corrected chi connectivity index (χ3v) is 3.23. The Morgan fingerprint density at radius 2 is 1.92 bits per heavy atom. The number of carbonyl (C=O) groups excluding carboxylic acids is 2. The second-order valence-electron chi connectivity index (χ2n) is 5.02. The summed E-state index contributed by atoms with van der Waals surface area (Å²) < 4.78 is 5.41. The van der Waals surface area contributed by atoms with Crippen molar-refractivity contribution in [2.75, 3.05) is 11.9 Å². The Bertz CT molecular complexity index is 711. The van der Waals surface area contributed by atoms with Crippen molar-refractivity contribution in [3.05, 3.63) is 60.3 Å². The van der Waals surface area contributed by atoms with Crippen LogP contribution in [0.4, 0.5) is 5.82 Å². The number of pyridine rings is 1. The van der Waals surface area contributed by atoms with Crippen molar-refractivity contribution < 1.29 is 14.3 Å². The molecule has 1 N–H and O–H groups in total. The van der Waals surface area contributed by atoms with Gasteiger partial charge in [-0.2, -0.15) is 5.26 Å². The zero-order valence-electron chi connectivity index (χ0n) is 13.0. The fourth-order valence-electron chi connectivity index (χ4n) is 1.99. The molecule has 2 aromatic rings. The number of nitrogens with one attached hydrogen (secondary N) is 1. The van der Waals surface area contributed by atoms with Gasteiger partial charge in [0, 0.05) is 12.6 Å². The number of hydrogen-bond acceptors (Lipinski definition) is 5. The highest BCUT2D eigenvalue weighted by molar-refractivity contribution is 6.09. The summed E-state index contributed by atoms with van der Waals surface area (Å²) in [5, 5.41) is 11.5. The maximum absolute atomic E-state index is 12.0. The van der Waals surface area contributed by atoms with E-state index in [0.717, 1.165) is 5.56 Å².